The number of aromatic nitrogens is 2. The highest BCUT2D eigenvalue weighted by atomic mass is 35.5. The smallest absolute Gasteiger partial charge is 0.240 e. The molecule has 0 bridgehead atoms. The number of benzene rings is 2. The first-order valence-electron chi connectivity index (χ1n) is 9.41. The predicted molar refractivity (Wildman–Crippen MR) is 119 cm³/mol. The van der Waals surface area contributed by atoms with Crippen molar-refractivity contribution in [2.45, 2.75) is 10.9 Å². The zero-order valence-corrected chi connectivity index (χ0v) is 17.8. The molecule has 2 radical (unpaired) electrons. The SMILES string of the molecule is [B]c1cnn2c1NC(c1ccccc1Cl)C=C2NCCNS(=O)(=O)c1cccc(F)c1. The summed E-state index contributed by atoms with van der Waals surface area (Å²) in [4.78, 5) is -0.130. The molecule has 3 N–H and O–H groups in total. The van der Waals surface area contributed by atoms with Crippen LogP contribution in [-0.2, 0) is 10.0 Å². The molecule has 2 heterocycles. The van der Waals surface area contributed by atoms with Crippen LogP contribution in [0.4, 0.5) is 10.2 Å². The average Bonchev–Trinajstić information content (AvgIpc) is 3.12. The Morgan fingerprint density at radius 1 is 1.19 bits per heavy atom. The summed E-state index contributed by atoms with van der Waals surface area (Å²) in [6.45, 7) is 0.335. The molecular formula is C20H18BClFN5O2S. The van der Waals surface area contributed by atoms with Crippen molar-refractivity contribution in [2.75, 3.05) is 18.4 Å². The van der Waals surface area contributed by atoms with Crippen molar-refractivity contribution in [2.24, 2.45) is 0 Å². The van der Waals surface area contributed by atoms with E-state index in [0.29, 0.717) is 22.1 Å². The maximum atomic E-state index is 13.3. The summed E-state index contributed by atoms with van der Waals surface area (Å²) < 4.78 is 42.0. The van der Waals surface area contributed by atoms with E-state index in [4.69, 9.17) is 19.4 Å². The summed E-state index contributed by atoms with van der Waals surface area (Å²) in [5.74, 6) is 0.617. The second-order valence-corrected chi connectivity index (χ2v) is 9.01. The minimum atomic E-state index is -3.82. The van der Waals surface area contributed by atoms with Gasteiger partial charge in [-0.2, -0.15) is 5.10 Å². The largest absolute Gasteiger partial charge is 0.369 e. The fourth-order valence-electron chi connectivity index (χ4n) is 3.23. The summed E-state index contributed by atoms with van der Waals surface area (Å²) in [7, 11) is 2.21. The molecule has 1 aliphatic rings. The first-order valence-corrected chi connectivity index (χ1v) is 11.3. The van der Waals surface area contributed by atoms with Crippen molar-refractivity contribution >= 4 is 46.6 Å². The van der Waals surface area contributed by atoms with Crippen molar-refractivity contribution in [1.29, 1.82) is 0 Å². The number of fused-ring (bicyclic) bond motifs is 1. The van der Waals surface area contributed by atoms with E-state index in [1.807, 2.05) is 24.3 Å². The number of nitrogens with zero attached hydrogens (tertiary/aromatic N) is 2. The molecule has 0 amide bonds. The Kier molecular flexibility index (Phi) is 6.04. The number of rotatable bonds is 7. The first-order chi connectivity index (χ1) is 14.8. The van der Waals surface area contributed by atoms with Crippen LogP contribution in [0.25, 0.3) is 5.82 Å². The molecule has 11 heteroatoms. The number of hydrogen-bond acceptors (Lipinski definition) is 5. The lowest BCUT2D eigenvalue weighted by Crippen LogP contribution is -2.34. The summed E-state index contributed by atoms with van der Waals surface area (Å²) in [6, 6.07) is 12.0. The minimum absolute atomic E-state index is 0.0759. The highest BCUT2D eigenvalue weighted by Crippen LogP contribution is 2.31. The number of halogens is 2. The fraction of sp³-hybridized carbons (Fsp3) is 0.150. The predicted octanol–water partition coefficient (Wildman–Crippen LogP) is 2.00. The summed E-state index contributed by atoms with van der Waals surface area (Å²) in [6.07, 6.45) is 3.42. The van der Waals surface area contributed by atoms with Crippen LogP contribution in [0.1, 0.15) is 11.6 Å². The van der Waals surface area contributed by atoms with Crippen molar-refractivity contribution in [3.8, 4) is 0 Å². The van der Waals surface area contributed by atoms with Crippen molar-refractivity contribution in [1.82, 2.24) is 19.8 Å². The molecule has 3 aromatic rings. The van der Waals surface area contributed by atoms with E-state index < -0.39 is 15.8 Å². The third-order valence-corrected chi connectivity index (χ3v) is 6.52. The average molecular weight is 458 g/mol. The molecule has 0 aliphatic carbocycles. The van der Waals surface area contributed by atoms with Gasteiger partial charge in [0.1, 0.15) is 25.3 Å². The van der Waals surface area contributed by atoms with E-state index in [-0.39, 0.29) is 24.0 Å². The topological polar surface area (TPSA) is 88.1 Å². The molecule has 0 spiro atoms. The van der Waals surface area contributed by atoms with E-state index >= 15 is 0 Å². The third kappa shape index (κ3) is 4.61. The van der Waals surface area contributed by atoms with E-state index in [9.17, 15) is 12.8 Å². The van der Waals surface area contributed by atoms with Gasteiger partial charge in [0, 0.05) is 24.3 Å². The van der Waals surface area contributed by atoms with Gasteiger partial charge in [-0.1, -0.05) is 35.9 Å². The van der Waals surface area contributed by atoms with Crippen molar-refractivity contribution in [3.63, 3.8) is 0 Å². The standard InChI is InChI=1S/C20H18BClFN5O2S/c21-16-12-25-28-19(11-18(27-20(16)28)15-6-1-2-7-17(15)22)24-8-9-26-31(29,30)14-5-3-4-13(23)10-14/h1-7,10-12,18,24,26-27H,8-9H2. The van der Waals surface area contributed by atoms with Crippen LogP contribution in [0.15, 0.2) is 65.7 Å². The first kappa shape index (κ1) is 21.4. The number of hydrogen-bond donors (Lipinski definition) is 3. The Bertz CT molecular complexity index is 1250. The van der Waals surface area contributed by atoms with Gasteiger partial charge in [0.2, 0.25) is 10.0 Å². The molecule has 7 nitrogen and oxygen atoms in total. The lowest BCUT2D eigenvalue weighted by molar-refractivity contribution is 0.576. The Balaban J connectivity index is 1.48. The Labute approximate surface area is 185 Å². The maximum Gasteiger partial charge on any atom is 0.240 e. The van der Waals surface area contributed by atoms with E-state index in [2.05, 4.69) is 20.5 Å². The molecule has 0 saturated carbocycles. The molecule has 2 aromatic carbocycles. The van der Waals surface area contributed by atoms with Gasteiger partial charge in [0.25, 0.3) is 0 Å². The van der Waals surface area contributed by atoms with Crippen molar-refractivity contribution < 1.29 is 12.8 Å². The van der Waals surface area contributed by atoms with Gasteiger partial charge in [-0.05, 0) is 41.4 Å². The van der Waals surface area contributed by atoms with Gasteiger partial charge in [0.15, 0.2) is 0 Å². The molecule has 0 saturated heterocycles. The highest BCUT2D eigenvalue weighted by Gasteiger charge is 2.23. The quantitative estimate of drug-likeness (QED) is 0.373. The summed E-state index contributed by atoms with van der Waals surface area (Å²) in [5.41, 5.74) is 1.33. The van der Waals surface area contributed by atoms with Gasteiger partial charge in [-0.25, -0.2) is 22.2 Å². The molecule has 1 unspecified atom stereocenters. The Morgan fingerprint density at radius 3 is 2.77 bits per heavy atom. The summed E-state index contributed by atoms with van der Waals surface area (Å²) >= 11 is 6.35. The second kappa shape index (κ2) is 8.74. The van der Waals surface area contributed by atoms with E-state index in [1.54, 1.807) is 10.7 Å². The zero-order valence-electron chi connectivity index (χ0n) is 16.2. The molecule has 1 atom stereocenters. The Hall–Kier alpha value is -2.82. The molecule has 0 fully saturated rings. The van der Waals surface area contributed by atoms with Gasteiger partial charge >= 0.3 is 0 Å². The normalized spacial score (nSPS) is 15.7. The zero-order chi connectivity index (χ0) is 22.0. The molecule has 158 valence electrons. The molecule has 31 heavy (non-hydrogen) atoms. The minimum Gasteiger partial charge on any atom is -0.369 e. The van der Waals surface area contributed by atoms with Gasteiger partial charge in [-0.15, -0.1) is 0 Å². The van der Waals surface area contributed by atoms with Gasteiger partial charge < -0.3 is 10.6 Å². The highest BCUT2D eigenvalue weighted by molar-refractivity contribution is 7.89. The number of anilines is 1. The van der Waals surface area contributed by atoms with Crippen LogP contribution in [0.3, 0.4) is 0 Å². The van der Waals surface area contributed by atoms with Crippen LogP contribution >= 0.6 is 11.6 Å². The van der Waals surface area contributed by atoms with Crippen LogP contribution in [0.5, 0.6) is 0 Å². The van der Waals surface area contributed by atoms with Gasteiger partial charge in [-0.3, -0.25) is 0 Å². The monoisotopic (exact) mass is 457 g/mol. The maximum absolute atomic E-state index is 13.3. The number of nitrogens with one attached hydrogen (secondary N) is 3. The molecule has 1 aromatic heterocycles. The van der Waals surface area contributed by atoms with E-state index in [1.165, 1.54) is 24.4 Å². The van der Waals surface area contributed by atoms with Gasteiger partial charge in [0.05, 0.1) is 10.9 Å². The lowest BCUT2D eigenvalue weighted by atomic mass is 9.98. The Morgan fingerprint density at radius 2 is 2.00 bits per heavy atom. The molecule has 1 aliphatic heterocycles. The van der Waals surface area contributed by atoms with Crippen molar-refractivity contribution in [3.05, 3.63) is 77.2 Å². The summed E-state index contributed by atoms with van der Waals surface area (Å²) in [5, 5.41) is 11.3. The van der Waals surface area contributed by atoms with Crippen LogP contribution in [-0.4, -0.2) is 39.1 Å². The lowest BCUT2D eigenvalue weighted by Gasteiger charge is -2.27. The molecular weight excluding hydrogens is 440 g/mol. The van der Waals surface area contributed by atoms with Crippen LogP contribution in [0.2, 0.25) is 5.02 Å². The second-order valence-electron chi connectivity index (χ2n) is 6.84. The van der Waals surface area contributed by atoms with Crippen LogP contribution in [0, 0.1) is 5.82 Å². The van der Waals surface area contributed by atoms with E-state index in [0.717, 1.165) is 11.6 Å². The fourth-order valence-corrected chi connectivity index (χ4v) is 4.54. The van der Waals surface area contributed by atoms with Crippen LogP contribution < -0.4 is 20.8 Å². The third-order valence-electron chi connectivity index (χ3n) is 4.71. The molecule has 4 rings (SSSR count). The number of sulfonamides is 1.